The SMILES string of the molecule is CC(C)CN([C@H]1CCS(=O)(=O)C1)S(=O)(=O)c1ccc(C#N)cc1. The number of benzene rings is 1. The Hall–Kier alpha value is -1.43. The molecule has 0 aliphatic carbocycles. The van der Waals surface area contributed by atoms with E-state index in [2.05, 4.69) is 0 Å². The van der Waals surface area contributed by atoms with Crippen molar-refractivity contribution in [1.29, 1.82) is 5.26 Å². The molecule has 8 heteroatoms. The summed E-state index contributed by atoms with van der Waals surface area (Å²) in [5.41, 5.74) is 0.378. The van der Waals surface area contributed by atoms with Crippen LogP contribution in [0.3, 0.4) is 0 Å². The minimum atomic E-state index is -3.80. The first kappa shape index (κ1) is 17.9. The third-order valence-corrected chi connectivity index (χ3v) is 7.43. The predicted octanol–water partition coefficient (Wildman–Crippen LogP) is 1.39. The van der Waals surface area contributed by atoms with Gasteiger partial charge in [0, 0.05) is 12.6 Å². The Bertz CT molecular complexity index is 806. The molecule has 0 saturated carbocycles. The molecule has 2 rings (SSSR count). The second-order valence-electron chi connectivity index (χ2n) is 6.16. The normalized spacial score (nSPS) is 20.7. The molecule has 0 spiro atoms. The van der Waals surface area contributed by atoms with Crippen molar-refractivity contribution in [2.24, 2.45) is 5.92 Å². The first-order valence-electron chi connectivity index (χ1n) is 7.38. The molecule has 0 unspecified atom stereocenters. The van der Waals surface area contributed by atoms with E-state index in [1.54, 1.807) is 0 Å². The summed E-state index contributed by atoms with van der Waals surface area (Å²) in [7, 11) is -6.97. The predicted molar refractivity (Wildman–Crippen MR) is 86.9 cm³/mol. The molecule has 0 N–H and O–H groups in total. The van der Waals surface area contributed by atoms with Gasteiger partial charge in [0.25, 0.3) is 0 Å². The highest BCUT2D eigenvalue weighted by atomic mass is 32.2. The monoisotopic (exact) mass is 356 g/mol. The van der Waals surface area contributed by atoms with Gasteiger partial charge in [-0.25, -0.2) is 16.8 Å². The quantitative estimate of drug-likeness (QED) is 0.794. The fourth-order valence-electron chi connectivity index (χ4n) is 2.64. The first-order valence-corrected chi connectivity index (χ1v) is 10.6. The van der Waals surface area contributed by atoms with Crippen LogP contribution in [0.5, 0.6) is 0 Å². The Labute approximate surface area is 137 Å². The number of hydrogen-bond acceptors (Lipinski definition) is 5. The average molecular weight is 356 g/mol. The summed E-state index contributed by atoms with van der Waals surface area (Å²) < 4.78 is 50.6. The molecule has 1 heterocycles. The van der Waals surface area contributed by atoms with Crippen molar-refractivity contribution in [1.82, 2.24) is 4.31 Å². The van der Waals surface area contributed by atoms with E-state index in [4.69, 9.17) is 5.26 Å². The van der Waals surface area contributed by atoms with Crippen LogP contribution in [0, 0.1) is 17.2 Å². The van der Waals surface area contributed by atoms with Crippen LogP contribution in [0.4, 0.5) is 0 Å². The summed E-state index contributed by atoms with van der Waals surface area (Å²) >= 11 is 0. The van der Waals surface area contributed by atoms with Gasteiger partial charge in [0.05, 0.1) is 28.0 Å². The molecular weight excluding hydrogens is 336 g/mol. The van der Waals surface area contributed by atoms with Crippen molar-refractivity contribution in [3.05, 3.63) is 29.8 Å². The largest absolute Gasteiger partial charge is 0.243 e. The van der Waals surface area contributed by atoms with E-state index >= 15 is 0 Å². The Morgan fingerprint density at radius 3 is 2.35 bits per heavy atom. The molecule has 1 aliphatic rings. The van der Waals surface area contributed by atoms with Crippen molar-refractivity contribution < 1.29 is 16.8 Å². The van der Waals surface area contributed by atoms with E-state index in [1.165, 1.54) is 28.6 Å². The highest BCUT2D eigenvalue weighted by Gasteiger charge is 2.38. The molecule has 1 aromatic carbocycles. The third-order valence-electron chi connectivity index (χ3n) is 3.75. The average Bonchev–Trinajstić information content (AvgIpc) is 2.84. The summed E-state index contributed by atoms with van der Waals surface area (Å²) in [5.74, 6) is -0.0313. The van der Waals surface area contributed by atoms with Gasteiger partial charge in [-0.2, -0.15) is 9.57 Å². The molecule has 0 amide bonds. The highest BCUT2D eigenvalue weighted by Crippen LogP contribution is 2.26. The van der Waals surface area contributed by atoms with Gasteiger partial charge in [-0.1, -0.05) is 13.8 Å². The van der Waals surface area contributed by atoms with Crippen LogP contribution < -0.4 is 0 Å². The van der Waals surface area contributed by atoms with Gasteiger partial charge in [0.15, 0.2) is 9.84 Å². The Morgan fingerprint density at radius 2 is 1.91 bits per heavy atom. The van der Waals surface area contributed by atoms with E-state index in [0.29, 0.717) is 12.0 Å². The molecule has 0 aromatic heterocycles. The zero-order valence-electron chi connectivity index (χ0n) is 13.1. The van der Waals surface area contributed by atoms with E-state index in [0.717, 1.165) is 0 Å². The Kier molecular flexibility index (Phi) is 5.14. The van der Waals surface area contributed by atoms with Gasteiger partial charge in [-0.15, -0.1) is 0 Å². The van der Waals surface area contributed by atoms with Gasteiger partial charge in [0.1, 0.15) is 0 Å². The number of hydrogen-bond donors (Lipinski definition) is 0. The maximum absolute atomic E-state index is 12.9. The summed E-state index contributed by atoms with van der Waals surface area (Å²) in [4.78, 5) is 0.0847. The maximum Gasteiger partial charge on any atom is 0.243 e. The van der Waals surface area contributed by atoms with Crippen LogP contribution in [0.2, 0.25) is 0 Å². The molecular formula is C15H20N2O4S2. The summed E-state index contributed by atoms with van der Waals surface area (Å²) in [5, 5.41) is 8.81. The molecule has 1 atom stereocenters. The second-order valence-corrected chi connectivity index (χ2v) is 10.3. The highest BCUT2D eigenvalue weighted by molar-refractivity contribution is 7.92. The van der Waals surface area contributed by atoms with Crippen molar-refractivity contribution in [3.8, 4) is 6.07 Å². The van der Waals surface area contributed by atoms with Crippen LogP contribution >= 0.6 is 0 Å². The topological polar surface area (TPSA) is 95.3 Å². The van der Waals surface area contributed by atoms with Gasteiger partial charge in [-0.05, 0) is 36.6 Å². The van der Waals surface area contributed by atoms with Crippen LogP contribution in [0.1, 0.15) is 25.8 Å². The molecule has 1 saturated heterocycles. The molecule has 0 radical (unpaired) electrons. The zero-order chi connectivity index (χ0) is 17.3. The van der Waals surface area contributed by atoms with Gasteiger partial charge >= 0.3 is 0 Å². The maximum atomic E-state index is 12.9. The fraction of sp³-hybridized carbons (Fsp3) is 0.533. The van der Waals surface area contributed by atoms with E-state index in [9.17, 15) is 16.8 Å². The standard InChI is InChI=1S/C15H20N2O4S2/c1-12(2)10-17(14-7-8-22(18,19)11-14)23(20,21)15-5-3-13(9-16)4-6-15/h3-6,12,14H,7-8,10-11H2,1-2H3/t14-/m0/s1. The van der Waals surface area contributed by atoms with Gasteiger partial charge < -0.3 is 0 Å². The van der Waals surface area contributed by atoms with Crippen LogP contribution in [0.25, 0.3) is 0 Å². The van der Waals surface area contributed by atoms with Crippen LogP contribution in [-0.2, 0) is 19.9 Å². The summed E-state index contributed by atoms with van der Waals surface area (Å²) in [6.07, 6.45) is 0.324. The second kappa shape index (κ2) is 6.59. The molecule has 1 aliphatic heterocycles. The van der Waals surface area contributed by atoms with Crippen molar-refractivity contribution in [2.75, 3.05) is 18.1 Å². The number of nitriles is 1. The van der Waals surface area contributed by atoms with Crippen molar-refractivity contribution in [2.45, 2.75) is 31.2 Å². The van der Waals surface area contributed by atoms with E-state index < -0.39 is 25.9 Å². The Morgan fingerprint density at radius 1 is 1.30 bits per heavy atom. The van der Waals surface area contributed by atoms with E-state index in [-0.39, 0.29) is 28.9 Å². The molecule has 126 valence electrons. The fourth-order valence-corrected chi connectivity index (χ4v) is 6.29. The zero-order valence-corrected chi connectivity index (χ0v) is 14.8. The number of nitrogens with zero attached hydrogens (tertiary/aromatic N) is 2. The lowest BCUT2D eigenvalue weighted by atomic mass is 10.2. The lowest BCUT2D eigenvalue weighted by molar-refractivity contribution is 0.308. The lowest BCUT2D eigenvalue weighted by Gasteiger charge is -2.29. The van der Waals surface area contributed by atoms with Crippen molar-refractivity contribution in [3.63, 3.8) is 0 Å². The molecule has 1 fully saturated rings. The minimum Gasteiger partial charge on any atom is -0.229 e. The molecule has 0 bridgehead atoms. The van der Waals surface area contributed by atoms with Gasteiger partial charge in [-0.3, -0.25) is 0 Å². The minimum absolute atomic E-state index is 0.0230. The Balaban J connectivity index is 2.39. The number of sulfonamides is 1. The van der Waals surface area contributed by atoms with E-state index in [1.807, 2.05) is 19.9 Å². The lowest BCUT2D eigenvalue weighted by Crippen LogP contribution is -2.43. The number of rotatable bonds is 5. The summed E-state index contributed by atoms with van der Waals surface area (Å²) in [6.45, 7) is 4.05. The smallest absolute Gasteiger partial charge is 0.229 e. The van der Waals surface area contributed by atoms with Crippen LogP contribution in [-0.4, -0.2) is 45.2 Å². The molecule has 1 aromatic rings. The van der Waals surface area contributed by atoms with Gasteiger partial charge in [0.2, 0.25) is 10.0 Å². The molecule has 6 nitrogen and oxygen atoms in total. The van der Waals surface area contributed by atoms with Crippen LogP contribution in [0.15, 0.2) is 29.2 Å². The third kappa shape index (κ3) is 4.10. The van der Waals surface area contributed by atoms with Crippen molar-refractivity contribution >= 4 is 19.9 Å². The first-order chi connectivity index (χ1) is 10.7. The number of sulfone groups is 1. The summed E-state index contributed by atoms with van der Waals surface area (Å²) in [6, 6.07) is 7.11. The molecule has 23 heavy (non-hydrogen) atoms.